The Morgan fingerprint density at radius 2 is 1.80 bits per heavy atom. The molecule has 3 heterocycles. The van der Waals surface area contributed by atoms with Gasteiger partial charge in [-0.3, -0.25) is 4.79 Å². The highest BCUT2D eigenvalue weighted by molar-refractivity contribution is 7.89. The van der Waals surface area contributed by atoms with Crippen LogP contribution >= 0.6 is 0 Å². The maximum Gasteiger partial charge on any atom is 0.262 e. The Bertz CT molecular complexity index is 899. The smallest absolute Gasteiger partial charge is 0.262 e. The van der Waals surface area contributed by atoms with Crippen LogP contribution in [0.2, 0.25) is 0 Å². The number of para-hydroxylation sites is 1. The van der Waals surface area contributed by atoms with Crippen LogP contribution in [0.3, 0.4) is 0 Å². The highest BCUT2D eigenvalue weighted by Gasteiger charge is 2.54. The predicted molar refractivity (Wildman–Crippen MR) is 92.4 cm³/mol. The lowest BCUT2D eigenvalue weighted by Gasteiger charge is -2.52. The van der Waals surface area contributed by atoms with E-state index in [2.05, 4.69) is 4.98 Å². The molecular weight excluding hydrogens is 340 g/mol. The molecule has 1 amide bonds. The first-order valence-electron chi connectivity index (χ1n) is 8.28. The Hall–Kier alpha value is -2.19. The summed E-state index contributed by atoms with van der Waals surface area (Å²) in [7, 11) is -1.84. The van der Waals surface area contributed by atoms with Gasteiger partial charge in [0.05, 0.1) is 11.7 Å². The number of benzene rings is 1. The summed E-state index contributed by atoms with van der Waals surface area (Å²) >= 11 is 0. The number of piperidine rings is 1. The van der Waals surface area contributed by atoms with Crippen molar-refractivity contribution in [3.8, 4) is 0 Å². The third kappa shape index (κ3) is 2.56. The second-order valence-corrected chi connectivity index (χ2v) is 8.67. The Morgan fingerprint density at radius 3 is 2.36 bits per heavy atom. The van der Waals surface area contributed by atoms with E-state index in [1.807, 2.05) is 30.3 Å². The normalized spacial score (nSPS) is 20.7. The van der Waals surface area contributed by atoms with E-state index in [0.29, 0.717) is 32.5 Å². The van der Waals surface area contributed by atoms with Crippen molar-refractivity contribution in [1.82, 2.24) is 13.9 Å². The number of sulfonamides is 1. The van der Waals surface area contributed by atoms with Crippen LogP contribution in [0.25, 0.3) is 0 Å². The largest absolute Gasteiger partial charge is 0.339 e. The van der Waals surface area contributed by atoms with Gasteiger partial charge in [-0.1, -0.05) is 18.2 Å². The van der Waals surface area contributed by atoms with E-state index in [1.165, 1.54) is 16.8 Å². The van der Waals surface area contributed by atoms with Crippen molar-refractivity contribution in [2.75, 3.05) is 24.5 Å². The maximum absolute atomic E-state index is 12.7. The predicted octanol–water partition coefficient (Wildman–Crippen LogP) is 1.24. The minimum absolute atomic E-state index is 0.0665. The molecule has 0 aliphatic carbocycles. The molecule has 2 saturated heterocycles. The standard InChI is InChI=1S/C17H20N4O3S/c1-19-11-15(18-13-19)25(23,24)20-9-7-17(8-10-20)12-21(16(17)22)14-5-3-2-4-6-14/h2-6,11,13H,7-10,12H2,1H3. The second kappa shape index (κ2) is 5.67. The van der Waals surface area contributed by atoms with E-state index in [1.54, 1.807) is 16.5 Å². The molecule has 4 rings (SSSR count). The van der Waals surface area contributed by atoms with Gasteiger partial charge in [-0.25, -0.2) is 13.4 Å². The van der Waals surface area contributed by atoms with Crippen LogP contribution < -0.4 is 4.90 Å². The molecule has 0 saturated carbocycles. The number of hydrogen-bond donors (Lipinski definition) is 0. The molecular formula is C17H20N4O3S. The third-order valence-electron chi connectivity index (χ3n) is 5.19. The number of anilines is 1. The molecule has 25 heavy (non-hydrogen) atoms. The summed E-state index contributed by atoms with van der Waals surface area (Å²) < 4.78 is 28.3. The van der Waals surface area contributed by atoms with E-state index < -0.39 is 15.4 Å². The molecule has 0 bridgehead atoms. The average Bonchev–Trinajstić information content (AvgIpc) is 3.08. The maximum atomic E-state index is 12.7. The summed E-state index contributed by atoms with van der Waals surface area (Å²) in [4.78, 5) is 18.4. The Kier molecular flexibility index (Phi) is 3.69. The quantitative estimate of drug-likeness (QED) is 0.772. The van der Waals surface area contributed by atoms with Gasteiger partial charge < -0.3 is 9.47 Å². The minimum Gasteiger partial charge on any atom is -0.339 e. The summed E-state index contributed by atoms with van der Waals surface area (Å²) in [6.07, 6.45) is 4.10. The molecule has 0 atom stereocenters. The molecule has 0 N–H and O–H groups in total. The number of β-lactam (4-membered cyclic amide) rings is 1. The molecule has 0 radical (unpaired) electrons. The lowest BCUT2D eigenvalue weighted by molar-refractivity contribution is -0.137. The lowest BCUT2D eigenvalue weighted by atomic mass is 9.71. The molecule has 8 heteroatoms. The van der Waals surface area contributed by atoms with Gasteiger partial charge in [-0.2, -0.15) is 4.31 Å². The van der Waals surface area contributed by atoms with Gasteiger partial charge in [-0.15, -0.1) is 0 Å². The molecule has 132 valence electrons. The first-order valence-corrected chi connectivity index (χ1v) is 9.72. The fourth-order valence-corrected chi connectivity index (χ4v) is 5.04. The Morgan fingerprint density at radius 1 is 1.12 bits per heavy atom. The zero-order valence-corrected chi connectivity index (χ0v) is 14.8. The van der Waals surface area contributed by atoms with Crippen LogP contribution in [0, 0.1) is 5.41 Å². The van der Waals surface area contributed by atoms with E-state index in [-0.39, 0.29) is 10.9 Å². The van der Waals surface area contributed by atoms with Crippen LogP contribution in [0.5, 0.6) is 0 Å². The lowest BCUT2D eigenvalue weighted by Crippen LogP contribution is -2.65. The first-order chi connectivity index (χ1) is 11.9. The molecule has 1 spiro atoms. The highest BCUT2D eigenvalue weighted by Crippen LogP contribution is 2.44. The van der Waals surface area contributed by atoms with Crippen molar-refractivity contribution in [2.24, 2.45) is 12.5 Å². The summed E-state index contributed by atoms with van der Waals surface area (Å²) in [6.45, 7) is 1.37. The highest BCUT2D eigenvalue weighted by atomic mass is 32.2. The number of amides is 1. The van der Waals surface area contributed by atoms with Gasteiger partial charge in [0.15, 0.2) is 5.03 Å². The van der Waals surface area contributed by atoms with Gasteiger partial charge in [0.2, 0.25) is 5.91 Å². The molecule has 2 aliphatic rings. The number of imidazole rings is 1. The summed E-state index contributed by atoms with van der Waals surface area (Å²) in [5.41, 5.74) is 0.494. The fourth-order valence-electron chi connectivity index (χ4n) is 3.63. The Balaban J connectivity index is 1.45. The number of carbonyl (C=O) groups is 1. The summed E-state index contributed by atoms with van der Waals surface area (Å²) in [5, 5.41) is 0.0665. The van der Waals surface area contributed by atoms with Crippen molar-refractivity contribution in [3.63, 3.8) is 0 Å². The molecule has 2 aromatic rings. The number of rotatable bonds is 3. The second-order valence-electron chi connectivity index (χ2n) is 6.79. The van der Waals surface area contributed by atoms with Crippen molar-refractivity contribution in [1.29, 1.82) is 0 Å². The summed E-state index contributed by atoms with van der Waals surface area (Å²) in [6, 6.07) is 9.59. The van der Waals surface area contributed by atoms with Gasteiger partial charge >= 0.3 is 0 Å². The zero-order valence-electron chi connectivity index (χ0n) is 14.0. The van der Waals surface area contributed by atoms with Gasteiger partial charge in [-0.05, 0) is 25.0 Å². The number of aromatic nitrogens is 2. The van der Waals surface area contributed by atoms with E-state index in [0.717, 1.165) is 5.69 Å². The molecule has 7 nitrogen and oxygen atoms in total. The number of hydrogen-bond acceptors (Lipinski definition) is 4. The number of nitrogens with zero attached hydrogens (tertiary/aromatic N) is 4. The molecule has 2 fully saturated rings. The summed E-state index contributed by atoms with van der Waals surface area (Å²) in [5.74, 6) is 0.105. The molecule has 2 aliphatic heterocycles. The van der Waals surface area contributed by atoms with Crippen LogP contribution in [0.4, 0.5) is 5.69 Å². The van der Waals surface area contributed by atoms with E-state index >= 15 is 0 Å². The number of aryl methyl sites for hydroxylation is 1. The fraction of sp³-hybridized carbons (Fsp3) is 0.412. The van der Waals surface area contributed by atoms with Crippen molar-refractivity contribution < 1.29 is 13.2 Å². The van der Waals surface area contributed by atoms with Crippen molar-refractivity contribution in [3.05, 3.63) is 42.9 Å². The van der Waals surface area contributed by atoms with Crippen LogP contribution in [0.1, 0.15) is 12.8 Å². The van der Waals surface area contributed by atoms with E-state index in [4.69, 9.17) is 0 Å². The zero-order chi connectivity index (χ0) is 17.7. The van der Waals surface area contributed by atoms with Crippen LogP contribution in [0.15, 0.2) is 47.9 Å². The average molecular weight is 360 g/mol. The van der Waals surface area contributed by atoms with Gasteiger partial charge in [0.25, 0.3) is 10.0 Å². The van der Waals surface area contributed by atoms with Crippen LogP contribution in [-0.4, -0.2) is 47.8 Å². The van der Waals surface area contributed by atoms with Crippen molar-refractivity contribution in [2.45, 2.75) is 17.9 Å². The third-order valence-corrected chi connectivity index (χ3v) is 6.98. The van der Waals surface area contributed by atoms with Gasteiger partial charge in [0.1, 0.15) is 0 Å². The SMILES string of the molecule is Cn1cnc(S(=O)(=O)N2CCC3(CC2)CN(c2ccccc2)C3=O)c1. The molecule has 1 aromatic heterocycles. The number of carbonyl (C=O) groups excluding carboxylic acids is 1. The Labute approximate surface area is 146 Å². The monoisotopic (exact) mass is 360 g/mol. The van der Waals surface area contributed by atoms with Crippen molar-refractivity contribution >= 4 is 21.6 Å². The van der Waals surface area contributed by atoms with Gasteiger partial charge in [0, 0.05) is 38.6 Å². The topological polar surface area (TPSA) is 75.5 Å². The van der Waals surface area contributed by atoms with E-state index in [9.17, 15) is 13.2 Å². The molecule has 0 unspecified atom stereocenters. The minimum atomic E-state index is -3.58. The first kappa shape index (κ1) is 16.3. The van der Waals surface area contributed by atoms with Crippen LogP contribution in [-0.2, 0) is 21.9 Å². The molecule has 1 aromatic carbocycles.